The molecule has 2 amide bonds. The second-order valence-electron chi connectivity index (χ2n) is 8.40. The van der Waals surface area contributed by atoms with Crippen molar-refractivity contribution in [2.24, 2.45) is 0 Å². The average molecular weight is 432 g/mol. The molecule has 1 atom stereocenters. The molecule has 2 aromatic carbocycles. The van der Waals surface area contributed by atoms with Crippen molar-refractivity contribution in [1.82, 2.24) is 14.8 Å². The van der Waals surface area contributed by atoms with E-state index < -0.39 is 6.10 Å². The fourth-order valence-corrected chi connectivity index (χ4v) is 4.13. The topological polar surface area (TPSA) is 76.6 Å². The molecule has 0 bridgehead atoms. The molecule has 32 heavy (non-hydrogen) atoms. The lowest BCUT2D eigenvalue weighted by Crippen LogP contribution is -2.34. The van der Waals surface area contributed by atoms with E-state index in [-0.39, 0.29) is 18.4 Å². The van der Waals surface area contributed by atoms with Crippen LogP contribution in [0.2, 0.25) is 0 Å². The van der Waals surface area contributed by atoms with Crippen molar-refractivity contribution < 1.29 is 14.7 Å². The third-order valence-corrected chi connectivity index (χ3v) is 5.88. The molecule has 4 rings (SSSR count). The van der Waals surface area contributed by atoms with Gasteiger partial charge in [-0.2, -0.15) is 0 Å². The lowest BCUT2D eigenvalue weighted by atomic mass is 10.1. The van der Waals surface area contributed by atoms with Crippen LogP contribution in [0.1, 0.15) is 56.5 Å². The molecular formula is C26H29N3O3. The number of hydrogen-bond donors (Lipinski definition) is 2. The van der Waals surface area contributed by atoms with Gasteiger partial charge in [0.15, 0.2) is 0 Å². The lowest BCUT2D eigenvalue weighted by Gasteiger charge is -2.25. The van der Waals surface area contributed by atoms with Crippen molar-refractivity contribution in [3.63, 3.8) is 0 Å². The highest BCUT2D eigenvalue weighted by atomic mass is 16.3. The average Bonchev–Trinajstić information content (AvgIpc) is 3.51. The minimum atomic E-state index is -0.813. The smallest absolute Gasteiger partial charge is 0.270 e. The molecule has 1 fully saturated rings. The summed E-state index contributed by atoms with van der Waals surface area (Å²) in [5, 5.41) is 10.9. The van der Waals surface area contributed by atoms with Crippen LogP contribution < -0.4 is 0 Å². The number of rotatable bonds is 7. The number of aromatic nitrogens is 1. The van der Waals surface area contributed by atoms with Crippen molar-refractivity contribution in [3.05, 3.63) is 94.8 Å². The van der Waals surface area contributed by atoms with E-state index in [9.17, 15) is 14.7 Å². The maximum Gasteiger partial charge on any atom is 0.270 e. The molecule has 1 unspecified atom stereocenters. The van der Waals surface area contributed by atoms with E-state index in [0.29, 0.717) is 17.8 Å². The van der Waals surface area contributed by atoms with Gasteiger partial charge in [-0.1, -0.05) is 60.2 Å². The van der Waals surface area contributed by atoms with E-state index in [1.54, 1.807) is 17.2 Å². The van der Waals surface area contributed by atoms with Crippen LogP contribution in [-0.2, 0) is 6.54 Å². The summed E-state index contributed by atoms with van der Waals surface area (Å²) in [5.74, 6) is -0.298. The number of carbonyl (C=O) groups excluding carboxylic acids is 2. The number of aromatic amines is 1. The first kappa shape index (κ1) is 21.8. The van der Waals surface area contributed by atoms with E-state index in [1.165, 1.54) is 0 Å². The number of benzene rings is 2. The molecule has 0 spiro atoms. The maximum absolute atomic E-state index is 13.4. The number of carbonyl (C=O) groups is 2. The van der Waals surface area contributed by atoms with E-state index in [1.807, 2.05) is 66.4 Å². The monoisotopic (exact) mass is 431 g/mol. The number of aliphatic hydroxyl groups excluding tert-OH is 1. The van der Waals surface area contributed by atoms with E-state index in [4.69, 9.17) is 0 Å². The second-order valence-corrected chi connectivity index (χ2v) is 8.40. The van der Waals surface area contributed by atoms with Crippen LogP contribution in [0.5, 0.6) is 0 Å². The summed E-state index contributed by atoms with van der Waals surface area (Å²) in [7, 11) is 0. The summed E-state index contributed by atoms with van der Waals surface area (Å²) in [6.45, 7) is 4.00. The predicted octanol–water partition coefficient (Wildman–Crippen LogP) is 3.94. The van der Waals surface area contributed by atoms with E-state index >= 15 is 0 Å². The molecule has 3 aromatic rings. The van der Waals surface area contributed by atoms with Crippen molar-refractivity contribution in [2.45, 2.75) is 32.4 Å². The SMILES string of the molecule is Cc1cccc(C(O)CN(Cc2ccccc2)C(=O)c2c[nH]c(C(=O)N3CCCC3)c2)c1. The Morgan fingerprint density at radius 3 is 2.53 bits per heavy atom. The van der Waals surface area contributed by atoms with Gasteiger partial charge in [-0.05, 0) is 37.0 Å². The molecule has 6 nitrogen and oxygen atoms in total. The number of nitrogens with zero attached hydrogens (tertiary/aromatic N) is 2. The van der Waals surface area contributed by atoms with Crippen molar-refractivity contribution >= 4 is 11.8 Å². The Morgan fingerprint density at radius 1 is 1.06 bits per heavy atom. The molecule has 1 aliphatic rings. The van der Waals surface area contributed by atoms with Gasteiger partial charge in [0, 0.05) is 25.8 Å². The molecule has 6 heteroatoms. The zero-order valence-corrected chi connectivity index (χ0v) is 18.3. The van der Waals surface area contributed by atoms with Crippen LogP contribution in [0.25, 0.3) is 0 Å². The van der Waals surface area contributed by atoms with Crippen molar-refractivity contribution in [1.29, 1.82) is 0 Å². The first-order valence-electron chi connectivity index (χ1n) is 11.1. The van der Waals surface area contributed by atoms with E-state index in [2.05, 4.69) is 4.98 Å². The normalized spacial score (nSPS) is 14.4. The van der Waals surface area contributed by atoms with Crippen LogP contribution in [-0.4, -0.2) is 51.3 Å². The third-order valence-electron chi connectivity index (χ3n) is 5.88. The molecule has 0 saturated carbocycles. The van der Waals surface area contributed by atoms with Crippen LogP contribution in [0.3, 0.4) is 0 Å². The quantitative estimate of drug-likeness (QED) is 0.595. The standard InChI is InChI=1S/C26H29N3O3/c1-19-8-7-11-21(14-19)24(30)18-29(17-20-9-3-2-4-10-20)25(31)22-15-23(27-16-22)26(32)28-12-5-6-13-28/h2-4,7-11,14-16,24,27,30H,5-6,12-13,17-18H2,1H3. The highest BCUT2D eigenvalue weighted by Gasteiger charge is 2.25. The van der Waals surface area contributed by atoms with Gasteiger partial charge >= 0.3 is 0 Å². The Balaban J connectivity index is 1.55. The van der Waals surface area contributed by atoms with E-state index in [0.717, 1.165) is 42.6 Å². The zero-order chi connectivity index (χ0) is 22.5. The first-order chi connectivity index (χ1) is 15.5. The van der Waals surface area contributed by atoms with Gasteiger partial charge in [-0.15, -0.1) is 0 Å². The van der Waals surface area contributed by atoms with Crippen molar-refractivity contribution in [2.75, 3.05) is 19.6 Å². The zero-order valence-electron chi connectivity index (χ0n) is 18.3. The summed E-state index contributed by atoms with van der Waals surface area (Å²) in [4.78, 5) is 32.5. The molecule has 166 valence electrons. The summed E-state index contributed by atoms with van der Waals surface area (Å²) in [5.41, 5.74) is 3.64. The molecule has 1 aromatic heterocycles. The van der Waals surface area contributed by atoms with Gasteiger partial charge < -0.3 is 19.9 Å². The van der Waals surface area contributed by atoms with Crippen LogP contribution in [0.4, 0.5) is 0 Å². The summed E-state index contributed by atoms with van der Waals surface area (Å²) >= 11 is 0. The van der Waals surface area contributed by atoms with Crippen LogP contribution in [0.15, 0.2) is 66.9 Å². The van der Waals surface area contributed by atoms with Gasteiger partial charge in [-0.25, -0.2) is 0 Å². The Hall–Kier alpha value is -3.38. The fourth-order valence-electron chi connectivity index (χ4n) is 4.13. The molecule has 2 N–H and O–H groups in total. The third kappa shape index (κ3) is 5.08. The Kier molecular flexibility index (Phi) is 6.71. The number of amides is 2. The summed E-state index contributed by atoms with van der Waals surface area (Å²) in [6, 6.07) is 19.0. The van der Waals surface area contributed by atoms with Crippen molar-refractivity contribution in [3.8, 4) is 0 Å². The molecule has 2 heterocycles. The number of aryl methyl sites for hydroxylation is 1. The predicted molar refractivity (Wildman–Crippen MR) is 123 cm³/mol. The highest BCUT2D eigenvalue weighted by Crippen LogP contribution is 2.20. The molecule has 1 aliphatic heterocycles. The highest BCUT2D eigenvalue weighted by molar-refractivity contribution is 5.99. The Bertz CT molecular complexity index is 1070. The van der Waals surface area contributed by atoms with Crippen LogP contribution >= 0.6 is 0 Å². The minimum absolute atomic E-state index is 0.0732. The lowest BCUT2D eigenvalue weighted by molar-refractivity contribution is 0.0604. The second kappa shape index (κ2) is 9.83. The van der Waals surface area contributed by atoms with Gasteiger partial charge in [0.2, 0.25) is 0 Å². The summed E-state index contributed by atoms with van der Waals surface area (Å²) in [6.07, 6.45) is 2.80. The molecular weight excluding hydrogens is 402 g/mol. The number of nitrogens with one attached hydrogen (secondary N) is 1. The van der Waals surface area contributed by atoms with Gasteiger partial charge in [-0.3, -0.25) is 9.59 Å². The van der Waals surface area contributed by atoms with Gasteiger partial charge in [0.25, 0.3) is 11.8 Å². The first-order valence-corrected chi connectivity index (χ1v) is 11.1. The number of H-pyrrole nitrogens is 1. The summed E-state index contributed by atoms with van der Waals surface area (Å²) < 4.78 is 0. The fraction of sp³-hybridized carbons (Fsp3) is 0.308. The minimum Gasteiger partial charge on any atom is -0.387 e. The largest absolute Gasteiger partial charge is 0.387 e. The van der Waals surface area contributed by atoms with Gasteiger partial charge in [0.1, 0.15) is 5.69 Å². The molecule has 1 saturated heterocycles. The number of aliphatic hydroxyl groups is 1. The molecule has 0 aliphatic carbocycles. The number of likely N-dealkylation sites (tertiary alicyclic amines) is 1. The van der Waals surface area contributed by atoms with Gasteiger partial charge in [0.05, 0.1) is 18.2 Å². The Labute approximate surface area is 188 Å². The number of hydrogen-bond acceptors (Lipinski definition) is 3. The maximum atomic E-state index is 13.4. The Morgan fingerprint density at radius 2 is 1.81 bits per heavy atom. The van der Waals surface area contributed by atoms with Crippen LogP contribution in [0, 0.1) is 6.92 Å². The molecule has 0 radical (unpaired) electrons.